The molecule has 104 valence electrons. The topological polar surface area (TPSA) is 32.6 Å². The third-order valence-corrected chi connectivity index (χ3v) is 3.41. The first-order valence-corrected chi connectivity index (χ1v) is 7.17. The van der Waals surface area contributed by atoms with Crippen molar-refractivity contribution in [2.75, 3.05) is 25.0 Å². The van der Waals surface area contributed by atoms with Crippen molar-refractivity contribution in [3.8, 4) is 0 Å². The Balaban J connectivity index is 2.41. The molecule has 0 spiro atoms. The van der Waals surface area contributed by atoms with E-state index in [4.69, 9.17) is 4.98 Å². The Kier molecular flexibility index (Phi) is 4.80. The van der Waals surface area contributed by atoms with E-state index in [2.05, 4.69) is 46.8 Å². The SMILES string of the molecule is CCCCN(CC)c1nc2ccccn2c1CNC. The molecule has 4 nitrogen and oxygen atoms in total. The number of anilines is 1. The summed E-state index contributed by atoms with van der Waals surface area (Å²) >= 11 is 0. The van der Waals surface area contributed by atoms with Crippen LogP contribution < -0.4 is 10.2 Å². The van der Waals surface area contributed by atoms with Gasteiger partial charge >= 0.3 is 0 Å². The van der Waals surface area contributed by atoms with E-state index in [0.29, 0.717) is 0 Å². The van der Waals surface area contributed by atoms with Crippen LogP contribution in [0.3, 0.4) is 0 Å². The maximum atomic E-state index is 4.80. The summed E-state index contributed by atoms with van der Waals surface area (Å²) in [6.45, 7) is 7.34. The zero-order valence-corrected chi connectivity index (χ0v) is 12.2. The quantitative estimate of drug-likeness (QED) is 0.831. The van der Waals surface area contributed by atoms with Crippen molar-refractivity contribution in [3.63, 3.8) is 0 Å². The fourth-order valence-electron chi connectivity index (χ4n) is 2.38. The molecule has 0 aliphatic carbocycles. The zero-order chi connectivity index (χ0) is 13.7. The number of hydrogen-bond donors (Lipinski definition) is 1. The van der Waals surface area contributed by atoms with E-state index >= 15 is 0 Å². The van der Waals surface area contributed by atoms with Gasteiger partial charge in [-0.1, -0.05) is 19.4 Å². The van der Waals surface area contributed by atoms with E-state index in [9.17, 15) is 0 Å². The number of nitrogens with one attached hydrogen (secondary N) is 1. The molecule has 0 fully saturated rings. The van der Waals surface area contributed by atoms with Crippen LogP contribution >= 0.6 is 0 Å². The van der Waals surface area contributed by atoms with Gasteiger partial charge in [0.05, 0.1) is 5.69 Å². The third-order valence-electron chi connectivity index (χ3n) is 3.41. The predicted octanol–water partition coefficient (Wildman–Crippen LogP) is 2.68. The van der Waals surface area contributed by atoms with Crippen molar-refractivity contribution >= 4 is 11.5 Å². The van der Waals surface area contributed by atoms with Crippen molar-refractivity contribution < 1.29 is 0 Å². The highest BCUT2D eigenvalue weighted by molar-refractivity contribution is 5.55. The van der Waals surface area contributed by atoms with Gasteiger partial charge in [-0.3, -0.25) is 0 Å². The van der Waals surface area contributed by atoms with Crippen molar-refractivity contribution in [1.29, 1.82) is 0 Å². The predicted molar refractivity (Wildman–Crippen MR) is 80.8 cm³/mol. The number of hydrogen-bond acceptors (Lipinski definition) is 3. The number of fused-ring (bicyclic) bond motifs is 1. The molecule has 0 radical (unpaired) electrons. The molecule has 19 heavy (non-hydrogen) atoms. The van der Waals surface area contributed by atoms with E-state index in [1.807, 2.05) is 13.1 Å². The highest BCUT2D eigenvalue weighted by Gasteiger charge is 2.16. The van der Waals surface area contributed by atoms with Crippen LogP contribution in [0.15, 0.2) is 24.4 Å². The summed E-state index contributed by atoms with van der Waals surface area (Å²) in [6.07, 6.45) is 4.51. The minimum atomic E-state index is 0.836. The van der Waals surface area contributed by atoms with Crippen LogP contribution in [0.2, 0.25) is 0 Å². The molecular weight excluding hydrogens is 236 g/mol. The van der Waals surface area contributed by atoms with Crippen molar-refractivity contribution in [3.05, 3.63) is 30.1 Å². The average Bonchev–Trinajstić information content (AvgIpc) is 2.79. The highest BCUT2D eigenvalue weighted by Crippen LogP contribution is 2.22. The molecule has 0 saturated carbocycles. The average molecular weight is 260 g/mol. The van der Waals surface area contributed by atoms with Gasteiger partial charge in [0, 0.05) is 25.8 Å². The van der Waals surface area contributed by atoms with Gasteiger partial charge in [-0.15, -0.1) is 0 Å². The Morgan fingerprint density at radius 1 is 1.32 bits per heavy atom. The first kappa shape index (κ1) is 13.9. The van der Waals surface area contributed by atoms with Crippen LogP contribution in [0.4, 0.5) is 5.82 Å². The summed E-state index contributed by atoms with van der Waals surface area (Å²) < 4.78 is 2.18. The number of rotatable bonds is 7. The fourth-order valence-corrected chi connectivity index (χ4v) is 2.38. The number of pyridine rings is 1. The molecular formula is C15H24N4. The first-order chi connectivity index (χ1) is 9.31. The minimum absolute atomic E-state index is 0.836. The van der Waals surface area contributed by atoms with Gasteiger partial charge in [0.1, 0.15) is 5.65 Å². The summed E-state index contributed by atoms with van der Waals surface area (Å²) in [7, 11) is 1.98. The molecule has 2 heterocycles. The van der Waals surface area contributed by atoms with Gasteiger partial charge < -0.3 is 14.6 Å². The lowest BCUT2D eigenvalue weighted by molar-refractivity contribution is 0.711. The zero-order valence-electron chi connectivity index (χ0n) is 12.2. The first-order valence-electron chi connectivity index (χ1n) is 7.17. The monoisotopic (exact) mass is 260 g/mol. The minimum Gasteiger partial charge on any atom is -0.355 e. The second kappa shape index (κ2) is 6.57. The van der Waals surface area contributed by atoms with Gasteiger partial charge in [-0.2, -0.15) is 0 Å². The fraction of sp³-hybridized carbons (Fsp3) is 0.533. The van der Waals surface area contributed by atoms with Crippen LogP contribution in [0.5, 0.6) is 0 Å². The highest BCUT2D eigenvalue weighted by atomic mass is 15.2. The van der Waals surface area contributed by atoms with Gasteiger partial charge in [0.25, 0.3) is 0 Å². The molecule has 0 aromatic carbocycles. The molecule has 0 saturated heterocycles. The molecule has 2 aromatic heterocycles. The summed E-state index contributed by atoms with van der Waals surface area (Å²) in [6, 6.07) is 6.16. The Morgan fingerprint density at radius 3 is 2.84 bits per heavy atom. The number of imidazole rings is 1. The molecule has 2 rings (SSSR count). The van der Waals surface area contributed by atoms with Gasteiger partial charge in [0.15, 0.2) is 5.82 Å². The van der Waals surface area contributed by atoms with Crippen LogP contribution in [0, 0.1) is 0 Å². The van der Waals surface area contributed by atoms with E-state index in [1.54, 1.807) is 0 Å². The lowest BCUT2D eigenvalue weighted by atomic mass is 10.3. The second-order valence-electron chi connectivity index (χ2n) is 4.77. The lowest BCUT2D eigenvalue weighted by Gasteiger charge is -2.21. The number of aromatic nitrogens is 2. The Labute approximate surface area is 115 Å². The smallest absolute Gasteiger partial charge is 0.152 e. The van der Waals surface area contributed by atoms with E-state index in [1.165, 1.54) is 18.5 Å². The van der Waals surface area contributed by atoms with Crippen molar-refractivity contribution in [2.45, 2.75) is 33.2 Å². The molecule has 0 bridgehead atoms. The van der Waals surface area contributed by atoms with E-state index in [-0.39, 0.29) is 0 Å². The third kappa shape index (κ3) is 2.89. The Hall–Kier alpha value is -1.55. The Bertz CT molecular complexity index is 518. The molecule has 2 aromatic rings. The number of unbranched alkanes of at least 4 members (excludes halogenated alkanes) is 1. The molecule has 0 amide bonds. The molecule has 0 aliphatic heterocycles. The maximum Gasteiger partial charge on any atom is 0.152 e. The molecule has 1 N–H and O–H groups in total. The molecule has 0 atom stereocenters. The van der Waals surface area contributed by atoms with Gasteiger partial charge in [0.2, 0.25) is 0 Å². The summed E-state index contributed by atoms with van der Waals surface area (Å²) in [5, 5.41) is 3.25. The summed E-state index contributed by atoms with van der Waals surface area (Å²) in [4.78, 5) is 7.18. The van der Waals surface area contributed by atoms with Crippen LogP contribution in [-0.2, 0) is 6.54 Å². The summed E-state index contributed by atoms with van der Waals surface area (Å²) in [5.41, 5.74) is 2.27. The number of nitrogens with zero attached hydrogens (tertiary/aromatic N) is 3. The van der Waals surface area contributed by atoms with E-state index in [0.717, 1.165) is 31.1 Å². The van der Waals surface area contributed by atoms with E-state index < -0.39 is 0 Å². The maximum absolute atomic E-state index is 4.80. The normalized spacial score (nSPS) is 11.1. The lowest BCUT2D eigenvalue weighted by Crippen LogP contribution is -2.26. The van der Waals surface area contributed by atoms with Gasteiger partial charge in [-0.05, 0) is 32.5 Å². The molecule has 4 heteroatoms. The molecule has 0 aliphatic rings. The van der Waals surface area contributed by atoms with Crippen molar-refractivity contribution in [2.24, 2.45) is 0 Å². The van der Waals surface area contributed by atoms with Gasteiger partial charge in [-0.25, -0.2) is 4.98 Å². The van der Waals surface area contributed by atoms with Crippen molar-refractivity contribution in [1.82, 2.24) is 14.7 Å². The largest absolute Gasteiger partial charge is 0.355 e. The van der Waals surface area contributed by atoms with Crippen LogP contribution in [0.25, 0.3) is 5.65 Å². The van der Waals surface area contributed by atoms with Crippen LogP contribution in [0.1, 0.15) is 32.4 Å². The Morgan fingerprint density at radius 2 is 2.16 bits per heavy atom. The summed E-state index contributed by atoms with van der Waals surface area (Å²) in [5.74, 6) is 1.12. The second-order valence-corrected chi connectivity index (χ2v) is 4.77. The van der Waals surface area contributed by atoms with Crippen LogP contribution in [-0.4, -0.2) is 29.5 Å². The molecule has 0 unspecified atom stereocenters. The standard InChI is InChI=1S/C15H24N4/c1-4-6-10-18(5-2)15-13(12-16-3)19-11-8-7-9-14(19)17-15/h7-9,11,16H,4-6,10,12H2,1-3H3.